The van der Waals surface area contributed by atoms with Gasteiger partial charge >= 0.3 is 17.9 Å². The van der Waals surface area contributed by atoms with Crippen LogP contribution < -0.4 is 21.5 Å². The molecule has 8 nitrogen and oxygen atoms in total. The summed E-state index contributed by atoms with van der Waals surface area (Å²) in [7, 11) is 1.41. The first-order valence-corrected chi connectivity index (χ1v) is 6.92. The number of carboxylic acid groups (broad SMARTS) is 1. The molecule has 0 radical (unpaired) electrons. The Morgan fingerprint density at radius 2 is 1.88 bits per heavy atom. The maximum absolute atomic E-state index is 14.3. The number of hydrogen-bond acceptors (Lipinski definition) is 4. The highest BCUT2D eigenvalue weighted by molar-refractivity contribution is 7.80. The molecule has 0 aliphatic rings. The summed E-state index contributed by atoms with van der Waals surface area (Å²) in [5, 5.41) is 23.1. The van der Waals surface area contributed by atoms with Gasteiger partial charge < -0.3 is 15.5 Å². The number of amides is 2. The second-order valence-electron chi connectivity index (χ2n) is 4.82. The van der Waals surface area contributed by atoms with Crippen LogP contribution in [0.1, 0.15) is 12.5 Å². The third-order valence-corrected chi connectivity index (χ3v) is 3.40. The number of thiocarbonyl (C=S) groups is 1. The number of carbonyl (C=O) groups is 2. The van der Waals surface area contributed by atoms with Gasteiger partial charge in [-0.1, -0.05) is 12.1 Å². The summed E-state index contributed by atoms with van der Waals surface area (Å²) in [6.07, 6.45) is -1.40. The van der Waals surface area contributed by atoms with Crippen LogP contribution in [0.3, 0.4) is 0 Å². The van der Waals surface area contributed by atoms with Crippen molar-refractivity contribution in [3.63, 3.8) is 0 Å². The molecule has 0 heterocycles. The molecule has 0 aliphatic heterocycles. The zero-order valence-corrected chi connectivity index (χ0v) is 13.5. The quantitative estimate of drug-likeness (QED) is 0.345. The molecule has 0 aromatic heterocycles. The molecule has 11 heteroatoms. The monoisotopic (exact) mass is 362 g/mol. The van der Waals surface area contributed by atoms with Crippen LogP contribution in [0.5, 0.6) is 0 Å². The number of halogens is 2. The van der Waals surface area contributed by atoms with E-state index in [1.807, 2.05) is 10.7 Å². The van der Waals surface area contributed by atoms with Gasteiger partial charge in [0, 0.05) is 12.7 Å². The van der Waals surface area contributed by atoms with Crippen molar-refractivity contribution in [1.29, 1.82) is 0 Å². The minimum Gasteiger partial charge on any atom is -0.465 e. The lowest BCUT2D eigenvalue weighted by molar-refractivity contribution is -0.191. The predicted octanol–water partition coefficient (Wildman–Crippen LogP) is 0.744. The predicted molar refractivity (Wildman–Crippen MR) is 85.5 cm³/mol. The Bertz CT molecular complexity index is 655. The molecule has 2 amide bonds. The van der Waals surface area contributed by atoms with Crippen LogP contribution in [0, 0.1) is 0 Å². The van der Waals surface area contributed by atoms with E-state index in [0.717, 1.165) is 19.1 Å². The standard InChI is InChI=1S/C13H16F2N4O4S/c1-12(23,7-4-3-5-8(6-7)17-11(21)22)13(14,15)9(20)18-19-10(24)16-2/h3-6,17,23H,1-2H3,(H,18,20)(H,21,22)(H2,16,19,24). The van der Waals surface area contributed by atoms with Crippen molar-refractivity contribution in [2.24, 2.45) is 0 Å². The fourth-order valence-corrected chi connectivity index (χ4v) is 1.73. The number of hydrazine groups is 1. The van der Waals surface area contributed by atoms with Gasteiger partial charge in [-0.05, 0) is 36.8 Å². The molecule has 24 heavy (non-hydrogen) atoms. The average molecular weight is 362 g/mol. The fraction of sp³-hybridized carbons (Fsp3) is 0.308. The largest absolute Gasteiger partial charge is 0.465 e. The molecule has 0 saturated carbocycles. The number of carbonyl (C=O) groups excluding carboxylic acids is 1. The maximum atomic E-state index is 14.3. The van der Waals surface area contributed by atoms with Gasteiger partial charge in [0.15, 0.2) is 10.7 Å². The van der Waals surface area contributed by atoms with E-state index < -0.39 is 23.5 Å². The molecule has 1 aromatic rings. The number of alkyl halides is 2. The molecule has 0 spiro atoms. The van der Waals surface area contributed by atoms with Crippen LogP contribution in [-0.2, 0) is 10.4 Å². The van der Waals surface area contributed by atoms with Crippen molar-refractivity contribution in [3.05, 3.63) is 29.8 Å². The molecular formula is C13H16F2N4O4S. The second kappa shape index (κ2) is 7.36. The first-order chi connectivity index (χ1) is 11.0. The molecule has 6 N–H and O–H groups in total. The fourth-order valence-electron chi connectivity index (χ4n) is 1.68. The molecule has 0 aliphatic carbocycles. The van der Waals surface area contributed by atoms with Crippen molar-refractivity contribution in [2.45, 2.75) is 18.4 Å². The lowest BCUT2D eigenvalue weighted by atomic mass is 9.88. The normalized spacial score (nSPS) is 13.4. The first-order valence-electron chi connectivity index (χ1n) is 6.51. The van der Waals surface area contributed by atoms with Crippen molar-refractivity contribution in [3.8, 4) is 0 Å². The summed E-state index contributed by atoms with van der Waals surface area (Å²) in [4.78, 5) is 22.3. The first kappa shape index (κ1) is 19.5. The molecular weight excluding hydrogens is 346 g/mol. The minimum atomic E-state index is -4.24. The summed E-state index contributed by atoms with van der Waals surface area (Å²) in [5.74, 6) is -6.06. The highest BCUT2D eigenvalue weighted by Gasteiger charge is 2.56. The van der Waals surface area contributed by atoms with Gasteiger partial charge in [0.1, 0.15) is 0 Å². The molecule has 0 fully saturated rings. The van der Waals surface area contributed by atoms with E-state index in [1.54, 1.807) is 5.43 Å². The topological polar surface area (TPSA) is 123 Å². The number of aliphatic hydroxyl groups is 1. The molecule has 132 valence electrons. The average Bonchev–Trinajstić information content (AvgIpc) is 2.51. The Balaban J connectivity index is 3.05. The number of nitrogens with one attached hydrogen (secondary N) is 4. The van der Waals surface area contributed by atoms with Crippen LogP contribution in [0.2, 0.25) is 0 Å². The Kier molecular flexibility index (Phi) is 5.99. The SMILES string of the molecule is CNC(=S)NNC(=O)C(F)(F)C(C)(O)c1cccc(NC(=O)O)c1. The zero-order chi connectivity index (χ0) is 18.5. The second-order valence-corrected chi connectivity index (χ2v) is 5.22. The van der Waals surface area contributed by atoms with Crippen LogP contribution in [0.15, 0.2) is 24.3 Å². The lowest BCUT2D eigenvalue weighted by Crippen LogP contribution is -2.58. The van der Waals surface area contributed by atoms with Crippen LogP contribution in [0.25, 0.3) is 0 Å². The molecule has 0 saturated heterocycles. The van der Waals surface area contributed by atoms with Crippen LogP contribution >= 0.6 is 12.2 Å². The summed E-state index contributed by atoms with van der Waals surface area (Å²) in [5.41, 5.74) is 0.424. The third-order valence-electron chi connectivity index (χ3n) is 3.09. The molecule has 1 atom stereocenters. The Morgan fingerprint density at radius 3 is 2.42 bits per heavy atom. The van der Waals surface area contributed by atoms with Gasteiger partial charge in [0.25, 0.3) is 0 Å². The van der Waals surface area contributed by atoms with Gasteiger partial charge in [0.05, 0.1) is 0 Å². The van der Waals surface area contributed by atoms with Crippen molar-refractivity contribution < 1.29 is 28.6 Å². The van der Waals surface area contributed by atoms with Crippen LogP contribution in [-0.4, -0.2) is 40.3 Å². The Morgan fingerprint density at radius 1 is 1.25 bits per heavy atom. The molecule has 0 bridgehead atoms. The summed E-state index contributed by atoms with van der Waals surface area (Å²) >= 11 is 4.63. The van der Waals surface area contributed by atoms with E-state index in [0.29, 0.717) is 0 Å². The smallest absolute Gasteiger partial charge is 0.409 e. The van der Waals surface area contributed by atoms with Gasteiger partial charge in [-0.3, -0.25) is 21.0 Å². The highest BCUT2D eigenvalue weighted by atomic mass is 32.1. The van der Waals surface area contributed by atoms with Gasteiger partial charge in [0.2, 0.25) is 0 Å². The summed E-state index contributed by atoms with van der Waals surface area (Å²) < 4.78 is 28.7. The lowest BCUT2D eigenvalue weighted by Gasteiger charge is -2.32. The van der Waals surface area contributed by atoms with E-state index in [1.165, 1.54) is 19.2 Å². The van der Waals surface area contributed by atoms with Crippen molar-refractivity contribution in [2.75, 3.05) is 12.4 Å². The number of anilines is 1. The number of benzene rings is 1. The zero-order valence-electron chi connectivity index (χ0n) is 12.7. The highest BCUT2D eigenvalue weighted by Crippen LogP contribution is 2.38. The van der Waals surface area contributed by atoms with Crippen molar-refractivity contribution >= 4 is 35.0 Å². The van der Waals surface area contributed by atoms with Gasteiger partial charge in [-0.15, -0.1) is 0 Å². The molecule has 1 rings (SSSR count). The van der Waals surface area contributed by atoms with Gasteiger partial charge in [-0.2, -0.15) is 8.78 Å². The Hall–Kier alpha value is -2.53. The maximum Gasteiger partial charge on any atom is 0.409 e. The van der Waals surface area contributed by atoms with E-state index in [9.17, 15) is 23.5 Å². The number of rotatable bonds is 4. The third kappa shape index (κ3) is 4.26. The van der Waals surface area contributed by atoms with Crippen molar-refractivity contribution in [1.82, 2.24) is 16.2 Å². The summed E-state index contributed by atoms with van der Waals surface area (Å²) in [6.45, 7) is 0.739. The van der Waals surface area contributed by atoms with E-state index in [4.69, 9.17) is 5.11 Å². The van der Waals surface area contributed by atoms with Crippen LogP contribution in [0.4, 0.5) is 19.3 Å². The molecule has 1 aromatic carbocycles. The van der Waals surface area contributed by atoms with E-state index >= 15 is 0 Å². The Labute approximate surface area is 141 Å². The van der Waals surface area contributed by atoms with E-state index in [2.05, 4.69) is 17.5 Å². The van der Waals surface area contributed by atoms with Gasteiger partial charge in [-0.25, -0.2) is 4.79 Å². The number of hydrogen-bond donors (Lipinski definition) is 6. The molecule has 1 unspecified atom stereocenters. The minimum absolute atomic E-state index is 0.0361. The van der Waals surface area contributed by atoms with E-state index in [-0.39, 0.29) is 16.4 Å². The summed E-state index contributed by atoms with van der Waals surface area (Å²) in [6, 6.07) is 4.71.